The van der Waals surface area contributed by atoms with E-state index in [0.717, 1.165) is 16.7 Å². The van der Waals surface area contributed by atoms with E-state index in [1.807, 2.05) is 42.5 Å². The van der Waals surface area contributed by atoms with Crippen LogP contribution in [0.2, 0.25) is 0 Å². The lowest BCUT2D eigenvalue weighted by Crippen LogP contribution is -1.99. The van der Waals surface area contributed by atoms with E-state index in [4.69, 9.17) is 4.74 Å². The summed E-state index contributed by atoms with van der Waals surface area (Å²) in [7, 11) is 1.58. The topological polar surface area (TPSA) is 22.1 Å². The van der Waals surface area contributed by atoms with E-state index >= 15 is 0 Å². The zero-order valence-corrected chi connectivity index (χ0v) is 12.3. The Balaban J connectivity index is 2.00. The fourth-order valence-electron chi connectivity index (χ4n) is 2.44. The first-order valence-electron chi connectivity index (χ1n) is 7.09. The molecule has 0 fully saturated rings. The van der Waals surface area contributed by atoms with Gasteiger partial charge in [0, 0.05) is 23.7 Å². The van der Waals surface area contributed by atoms with Gasteiger partial charge in [0.25, 0.3) is 0 Å². The minimum absolute atomic E-state index is 0.213. The van der Waals surface area contributed by atoms with Gasteiger partial charge in [0.05, 0.1) is 7.11 Å². The fourth-order valence-corrected chi connectivity index (χ4v) is 2.44. The summed E-state index contributed by atoms with van der Waals surface area (Å²) in [6.45, 7) is 0. The van der Waals surface area contributed by atoms with Crippen molar-refractivity contribution in [2.24, 2.45) is 0 Å². The van der Waals surface area contributed by atoms with Gasteiger partial charge in [0.2, 0.25) is 5.88 Å². The average Bonchev–Trinajstić information content (AvgIpc) is 2.58. The van der Waals surface area contributed by atoms with Crippen molar-refractivity contribution in [2.75, 3.05) is 7.11 Å². The van der Waals surface area contributed by atoms with Crippen LogP contribution in [0.25, 0.3) is 11.1 Å². The Hall–Kier alpha value is -2.68. The van der Waals surface area contributed by atoms with Crippen LogP contribution in [0, 0.1) is 5.82 Å². The van der Waals surface area contributed by atoms with E-state index < -0.39 is 0 Å². The normalized spacial score (nSPS) is 10.5. The van der Waals surface area contributed by atoms with Crippen molar-refractivity contribution in [1.29, 1.82) is 0 Å². The van der Waals surface area contributed by atoms with Crippen LogP contribution in [0.3, 0.4) is 0 Å². The van der Waals surface area contributed by atoms with E-state index in [9.17, 15) is 4.39 Å². The van der Waals surface area contributed by atoms with Crippen LogP contribution in [0.4, 0.5) is 4.39 Å². The largest absolute Gasteiger partial charge is 0.481 e. The molecule has 0 unspecified atom stereocenters. The molecule has 0 amide bonds. The SMILES string of the molecule is COc1ncc(-c2ccccc2)cc1Cc1ccccc1F. The first-order valence-corrected chi connectivity index (χ1v) is 7.09. The zero-order valence-electron chi connectivity index (χ0n) is 12.3. The van der Waals surface area contributed by atoms with Crippen LogP contribution >= 0.6 is 0 Å². The quantitative estimate of drug-likeness (QED) is 0.707. The van der Waals surface area contributed by atoms with Crippen LogP contribution in [-0.2, 0) is 6.42 Å². The lowest BCUT2D eigenvalue weighted by atomic mass is 10.0. The first-order chi connectivity index (χ1) is 10.8. The van der Waals surface area contributed by atoms with Gasteiger partial charge in [0.1, 0.15) is 5.82 Å². The van der Waals surface area contributed by atoms with Gasteiger partial charge in [-0.1, -0.05) is 48.5 Å². The second-order valence-electron chi connectivity index (χ2n) is 5.03. The highest BCUT2D eigenvalue weighted by atomic mass is 19.1. The van der Waals surface area contributed by atoms with E-state index in [1.165, 1.54) is 6.07 Å². The molecular formula is C19H16FNO. The highest BCUT2D eigenvalue weighted by Crippen LogP contribution is 2.26. The van der Waals surface area contributed by atoms with Gasteiger partial charge in [-0.25, -0.2) is 9.37 Å². The molecule has 0 saturated heterocycles. The van der Waals surface area contributed by atoms with Crippen molar-refractivity contribution in [3.05, 3.63) is 83.8 Å². The molecule has 0 bridgehead atoms. The molecule has 0 atom stereocenters. The molecule has 2 nitrogen and oxygen atoms in total. The molecule has 22 heavy (non-hydrogen) atoms. The molecule has 3 rings (SSSR count). The average molecular weight is 293 g/mol. The molecule has 0 radical (unpaired) electrons. The van der Waals surface area contributed by atoms with Crippen molar-refractivity contribution in [1.82, 2.24) is 4.98 Å². The monoisotopic (exact) mass is 293 g/mol. The second kappa shape index (κ2) is 6.39. The van der Waals surface area contributed by atoms with Crippen LogP contribution < -0.4 is 4.74 Å². The van der Waals surface area contributed by atoms with Gasteiger partial charge in [-0.2, -0.15) is 0 Å². The highest BCUT2D eigenvalue weighted by molar-refractivity contribution is 5.64. The summed E-state index contributed by atoms with van der Waals surface area (Å²) in [5.41, 5.74) is 3.57. The molecule has 3 heteroatoms. The molecule has 1 aromatic heterocycles. The zero-order chi connectivity index (χ0) is 15.4. The molecule has 3 aromatic rings. The Morgan fingerprint density at radius 1 is 0.909 bits per heavy atom. The van der Waals surface area contributed by atoms with Gasteiger partial charge in [-0.3, -0.25) is 0 Å². The molecule has 0 N–H and O–H groups in total. The molecule has 0 aliphatic carbocycles. The number of nitrogens with zero attached hydrogens (tertiary/aromatic N) is 1. The molecular weight excluding hydrogens is 277 g/mol. The van der Waals surface area contributed by atoms with Gasteiger partial charge >= 0.3 is 0 Å². The van der Waals surface area contributed by atoms with Gasteiger partial charge < -0.3 is 4.74 Å². The van der Waals surface area contributed by atoms with Crippen LogP contribution in [0.1, 0.15) is 11.1 Å². The molecule has 110 valence electrons. The Bertz CT molecular complexity index is 771. The molecule has 1 heterocycles. The summed E-state index contributed by atoms with van der Waals surface area (Å²) in [6.07, 6.45) is 2.22. The summed E-state index contributed by atoms with van der Waals surface area (Å²) in [5, 5.41) is 0. The maximum absolute atomic E-state index is 13.9. The van der Waals surface area contributed by atoms with Gasteiger partial charge in [-0.15, -0.1) is 0 Å². The number of benzene rings is 2. The van der Waals surface area contributed by atoms with Crippen molar-refractivity contribution in [3.8, 4) is 17.0 Å². The number of aromatic nitrogens is 1. The Labute approximate surface area is 129 Å². The maximum atomic E-state index is 13.9. The number of hydrogen-bond acceptors (Lipinski definition) is 2. The summed E-state index contributed by atoms with van der Waals surface area (Å²) in [6, 6.07) is 18.8. The second-order valence-corrected chi connectivity index (χ2v) is 5.03. The standard InChI is InChI=1S/C19H16FNO/c1-22-19-16(11-15-9-5-6-10-18(15)20)12-17(13-21-19)14-7-3-2-4-8-14/h2-10,12-13H,11H2,1H3. The van der Waals surface area contributed by atoms with Crippen LogP contribution in [-0.4, -0.2) is 12.1 Å². The summed E-state index contributed by atoms with van der Waals surface area (Å²) < 4.78 is 19.2. The van der Waals surface area contributed by atoms with Gasteiger partial charge in [0.15, 0.2) is 0 Å². The number of ether oxygens (including phenoxy) is 1. The molecule has 0 saturated carbocycles. The molecule has 0 aliphatic rings. The Kier molecular flexibility index (Phi) is 4.15. The summed E-state index contributed by atoms with van der Waals surface area (Å²) in [5.74, 6) is 0.317. The lowest BCUT2D eigenvalue weighted by molar-refractivity contribution is 0.393. The third kappa shape index (κ3) is 2.98. The van der Waals surface area contributed by atoms with E-state index in [2.05, 4.69) is 4.98 Å². The minimum atomic E-state index is -0.213. The number of pyridine rings is 1. The van der Waals surface area contributed by atoms with Crippen LogP contribution in [0.15, 0.2) is 66.9 Å². The number of halogens is 1. The molecule has 2 aromatic carbocycles. The molecule has 0 spiro atoms. The summed E-state index contributed by atoms with van der Waals surface area (Å²) in [4.78, 5) is 4.35. The fraction of sp³-hybridized carbons (Fsp3) is 0.105. The smallest absolute Gasteiger partial charge is 0.216 e. The third-order valence-electron chi connectivity index (χ3n) is 3.56. The predicted molar refractivity (Wildman–Crippen MR) is 85.4 cm³/mol. The van der Waals surface area contributed by atoms with E-state index in [-0.39, 0.29) is 5.82 Å². The van der Waals surface area contributed by atoms with Gasteiger partial charge in [-0.05, 0) is 23.3 Å². The number of hydrogen-bond donors (Lipinski definition) is 0. The van der Waals surface area contributed by atoms with E-state index in [1.54, 1.807) is 25.4 Å². The Morgan fingerprint density at radius 2 is 1.64 bits per heavy atom. The van der Waals surface area contributed by atoms with Crippen LogP contribution in [0.5, 0.6) is 5.88 Å². The summed E-state index contributed by atoms with van der Waals surface area (Å²) >= 11 is 0. The van der Waals surface area contributed by atoms with Crippen molar-refractivity contribution in [2.45, 2.75) is 6.42 Å². The Morgan fingerprint density at radius 3 is 2.36 bits per heavy atom. The van der Waals surface area contributed by atoms with Crippen molar-refractivity contribution in [3.63, 3.8) is 0 Å². The maximum Gasteiger partial charge on any atom is 0.216 e. The van der Waals surface area contributed by atoms with Crippen molar-refractivity contribution < 1.29 is 9.13 Å². The third-order valence-corrected chi connectivity index (χ3v) is 3.56. The lowest BCUT2D eigenvalue weighted by Gasteiger charge is -2.10. The molecule has 0 aliphatic heterocycles. The first kappa shape index (κ1) is 14.3. The highest BCUT2D eigenvalue weighted by Gasteiger charge is 2.10. The number of rotatable bonds is 4. The predicted octanol–water partition coefficient (Wildman–Crippen LogP) is 4.49. The van der Waals surface area contributed by atoms with E-state index in [0.29, 0.717) is 17.9 Å². The minimum Gasteiger partial charge on any atom is -0.481 e. The van der Waals surface area contributed by atoms with Crippen molar-refractivity contribution >= 4 is 0 Å². The number of methoxy groups -OCH3 is 1.